The van der Waals surface area contributed by atoms with Gasteiger partial charge in [-0.2, -0.15) is 0 Å². The van der Waals surface area contributed by atoms with Crippen molar-refractivity contribution in [1.82, 2.24) is 10.2 Å². The Hall–Kier alpha value is -0.660. The van der Waals surface area contributed by atoms with Crippen molar-refractivity contribution >= 4 is 15.7 Å². The number of nitrogens with zero attached hydrogens (tertiary/aromatic N) is 1. The van der Waals surface area contributed by atoms with Crippen molar-refractivity contribution in [2.24, 2.45) is 5.73 Å². The molecule has 0 saturated carbocycles. The lowest BCUT2D eigenvalue weighted by atomic mass is 10.0. The van der Waals surface area contributed by atoms with Crippen LogP contribution in [-0.2, 0) is 14.6 Å². The number of primary amides is 1. The monoisotopic (exact) mass is 263 g/mol. The molecule has 1 amide bonds. The van der Waals surface area contributed by atoms with E-state index in [4.69, 9.17) is 5.73 Å². The normalized spacial score (nSPS) is 24.8. The quantitative estimate of drug-likeness (QED) is 0.649. The number of hydrogen-bond acceptors (Lipinski definition) is 5. The summed E-state index contributed by atoms with van der Waals surface area (Å²) in [6.07, 6.45) is 0.612. The van der Waals surface area contributed by atoms with Gasteiger partial charge in [-0.05, 0) is 26.9 Å². The highest BCUT2D eigenvalue weighted by atomic mass is 32.2. The molecule has 0 radical (unpaired) electrons. The van der Waals surface area contributed by atoms with Crippen LogP contribution >= 0.6 is 0 Å². The van der Waals surface area contributed by atoms with Crippen molar-refractivity contribution in [2.75, 3.05) is 38.2 Å². The Bertz CT molecular complexity index is 382. The molecule has 1 heterocycles. The Kier molecular flexibility index (Phi) is 4.51. The number of nitrogens with one attached hydrogen (secondary N) is 1. The van der Waals surface area contributed by atoms with Crippen molar-refractivity contribution in [2.45, 2.75) is 18.9 Å². The van der Waals surface area contributed by atoms with Crippen LogP contribution in [0.3, 0.4) is 0 Å². The molecule has 1 aliphatic heterocycles. The van der Waals surface area contributed by atoms with Crippen LogP contribution in [0.15, 0.2) is 0 Å². The first-order chi connectivity index (χ1) is 7.79. The molecule has 6 nitrogen and oxygen atoms in total. The lowest BCUT2D eigenvalue weighted by Crippen LogP contribution is -2.58. The van der Waals surface area contributed by atoms with Gasteiger partial charge in [-0.3, -0.25) is 9.69 Å². The number of sulfone groups is 1. The molecule has 1 saturated heterocycles. The number of carbonyl (C=O) groups is 1. The van der Waals surface area contributed by atoms with Crippen LogP contribution < -0.4 is 11.1 Å². The summed E-state index contributed by atoms with van der Waals surface area (Å²) in [6.45, 7) is 3.32. The lowest BCUT2D eigenvalue weighted by Gasteiger charge is -2.32. The van der Waals surface area contributed by atoms with Gasteiger partial charge in [0.05, 0.1) is 11.5 Å². The molecule has 1 aliphatic rings. The van der Waals surface area contributed by atoms with Crippen molar-refractivity contribution in [3.8, 4) is 0 Å². The molecular weight excluding hydrogens is 242 g/mol. The molecule has 100 valence electrons. The average Bonchev–Trinajstić information content (AvgIpc) is 2.40. The van der Waals surface area contributed by atoms with E-state index in [1.54, 1.807) is 14.0 Å². The number of carbonyl (C=O) groups excluding carboxylic acids is 1. The largest absolute Gasteiger partial charge is 0.368 e. The summed E-state index contributed by atoms with van der Waals surface area (Å²) < 4.78 is 22.9. The molecule has 0 aromatic rings. The number of hydrogen-bond donors (Lipinski definition) is 2. The summed E-state index contributed by atoms with van der Waals surface area (Å²) in [6, 6.07) is 0. The molecule has 0 aliphatic carbocycles. The van der Waals surface area contributed by atoms with Crippen LogP contribution in [0, 0.1) is 0 Å². The van der Waals surface area contributed by atoms with E-state index in [0.29, 0.717) is 26.1 Å². The van der Waals surface area contributed by atoms with Crippen molar-refractivity contribution in [1.29, 1.82) is 0 Å². The third-order valence-electron chi connectivity index (χ3n) is 3.28. The fourth-order valence-electron chi connectivity index (χ4n) is 1.88. The maximum absolute atomic E-state index is 11.5. The Labute approximate surface area is 102 Å². The molecule has 17 heavy (non-hydrogen) atoms. The average molecular weight is 263 g/mol. The molecule has 0 spiro atoms. The van der Waals surface area contributed by atoms with Gasteiger partial charge in [-0.15, -0.1) is 0 Å². The molecule has 1 fully saturated rings. The first kappa shape index (κ1) is 14.4. The third kappa shape index (κ3) is 3.93. The van der Waals surface area contributed by atoms with Gasteiger partial charge >= 0.3 is 0 Å². The molecule has 1 unspecified atom stereocenters. The van der Waals surface area contributed by atoms with Gasteiger partial charge in [0.15, 0.2) is 9.84 Å². The topological polar surface area (TPSA) is 92.5 Å². The predicted octanol–water partition coefficient (Wildman–Crippen LogP) is -1.43. The molecule has 7 heteroatoms. The summed E-state index contributed by atoms with van der Waals surface area (Å²) in [5, 5.41) is 2.90. The summed E-state index contributed by atoms with van der Waals surface area (Å²) in [4.78, 5) is 13.3. The van der Waals surface area contributed by atoms with E-state index in [-0.39, 0.29) is 11.5 Å². The minimum atomic E-state index is -2.91. The zero-order valence-corrected chi connectivity index (χ0v) is 11.2. The highest BCUT2D eigenvalue weighted by Crippen LogP contribution is 2.10. The molecule has 0 aromatic carbocycles. The summed E-state index contributed by atoms with van der Waals surface area (Å²) in [7, 11) is -1.23. The van der Waals surface area contributed by atoms with Gasteiger partial charge in [-0.25, -0.2) is 8.42 Å². The SMILES string of the molecule is CNC(C)(CN1CCCS(=O)(=O)CC1)C(N)=O. The summed E-state index contributed by atoms with van der Waals surface area (Å²) in [5.41, 5.74) is 4.53. The van der Waals surface area contributed by atoms with Crippen LogP contribution in [0.1, 0.15) is 13.3 Å². The van der Waals surface area contributed by atoms with Crippen LogP contribution in [-0.4, -0.2) is 63.0 Å². The molecule has 0 aromatic heterocycles. The Morgan fingerprint density at radius 2 is 2.06 bits per heavy atom. The number of rotatable bonds is 4. The van der Waals surface area contributed by atoms with E-state index in [1.165, 1.54) is 0 Å². The van der Waals surface area contributed by atoms with Gasteiger partial charge in [0.25, 0.3) is 0 Å². The predicted molar refractivity (Wildman–Crippen MR) is 66.4 cm³/mol. The van der Waals surface area contributed by atoms with Crippen LogP contribution in [0.2, 0.25) is 0 Å². The number of likely N-dealkylation sites (N-methyl/N-ethyl adjacent to an activating group) is 1. The Balaban J connectivity index is 2.66. The van der Waals surface area contributed by atoms with Crippen molar-refractivity contribution in [3.05, 3.63) is 0 Å². The van der Waals surface area contributed by atoms with Gasteiger partial charge in [0, 0.05) is 13.1 Å². The van der Waals surface area contributed by atoms with Crippen molar-refractivity contribution < 1.29 is 13.2 Å². The standard InChI is InChI=1S/C10H21N3O3S/c1-10(12-2,9(11)14)8-13-4-3-6-17(15,16)7-5-13/h12H,3-8H2,1-2H3,(H2,11,14). The van der Waals surface area contributed by atoms with Crippen LogP contribution in [0.5, 0.6) is 0 Å². The number of nitrogens with two attached hydrogens (primary N) is 1. The van der Waals surface area contributed by atoms with Crippen molar-refractivity contribution in [3.63, 3.8) is 0 Å². The second kappa shape index (κ2) is 5.32. The fraction of sp³-hybridized carbons (Fsp3) is 0.900. The van der Waals surface area contributed by atoms with Gasteiger partial charge in [0.1, 0.15) is 5.54 Å². The van der Waals surface area contributed by atoms with E-state index >= 15 is 0 Å². The minimum absolute atomic E-state index is 0.158. The van der Waals surface area contributed by atoms with Crippen LogP contribution in [0.4, 0.5) is 0 Å². The second-order valence-corrected chi connectivity index (χ2v) is 7.03. The second-order valence-electron chi connectivity index (χ2n) is 4.73. The number of amides is 1. The first-order valence-corrected chi connectivity index (χ1v) is 7.53. The Morgan fingerprint density at radius 3 is 2.59 bits per heavy atom. The molecule has 1 rings (SSSR count). The first-order valence-electron chi connectivity index (χ1n) is 5.71. The Morgan fingerprint density at radius 1 is 1.41 bits per heavy atom. The maximum atomic E-state index is 11.5. The van der Waals surface area contributed by atoms with Gasteiger partial charge < -0.3 is 11.1 Å². The summed E-state index contributed by atoms with van der Waals surface area (Å²) in [5.74, 6) is -0.0332. The van der Waals surface area contributed by atoms with Gasteiger partial charge in [-0.1, -0.05) is 0 Å². The zero-order valence-electron chi connectivity index (χ0n) is 10.4. The zero-order chi connectivity index (χ0) is 13.1. The van der Waals surface area contributed by atoms with E-state index in [0.717, 1.165) is 0 Å². The van der Waals surface area contributed by atoms with E-state index in [1.807, 2.05) is 4.90 Å². The molecule has 3 N–H and O–H groups in total. The lowest BCUT2D eigenvalue weighted by molar-refractivity contribution is -0.124. The fourth-order valence-corrected chi connectivity index (χ4v) is 3.19. The van der Waals surface area contributed by atoms with E-state index in [9.17, 15) is 13.2 Å². The van der Waals surface area contributed by atoms with E-state index in [2.05, 4.69) is 5.32 Å². The third-order valence-corrected chi connectivity index (χ3v) is 5.00. The smallest absolute Gasteiger partial charge is 0.238 e. The highest BCUT2D eigenvalue weighted by molar-refractivity contribution is 7.91. The molecule has 1 atom stereocenters. The minimum Gasteiger partial charge on any atom is -0.368 e. The molecular formula is C10H21N3O3S. The van der Waals surface area contributed by atoms with Crippen LogP contribution in [0.25, 0.3) is 0 Å². The molecule has 0 bridgehead atoms. The summed E-state index contributed by atoms with van der Waals surface area (Å²) >= 11 is 0. The van der Waals surface area contributed by atoms with E-state index < -0.39 is 21.3 Å². The maximum Gasteiger partial charge on any atom is 0.238 e. The van der Waals surface area contributed by atoms with Gasteiger partial charge in [0.2, 0.25) is 5.91 Å². The highest BCUT2D eigenvalue weighted by Gasteiger charge is 2.32.